The van der Waals surface area contributed by atoms with Gasteiger partial charge in [-0.3, -0.25) is 4.79 Å². The normalized spacial score (nSPS) is 11.1. The summed E-state index contributed by atoms with van der Waals surface area (Å²) in [5.41, 5.74) is 2.23. The predicted octanol–water partition coefficient (Wildman–Crippen LogP) is 1.15. The Kier molecular flexibility index (Phi) is 3.62. The van der Waals surface area contributed by atoms with Gasteiger partial charge in [0.05, 0.1) is 5.69 Å². The van der Waals surface area contributed by atoms with Crippen molar-refractivity contribution in [2.75, 3.05) is 20.6 Å². The number of nitrogens with zero attached hydrogens (tertiary/aromatic N) is 3. The van der Waals surface area contributed by atoms with E-state index in [9.17, 15) is 4.79 Å². The molecule has 2 aromatic rings. The molecule has 1 amide bonds. The lowest BCUT2D eigenvalue weighted by molar-refractivity contribution is 0.0949. The molecule has 0 bridgehead atoms. The molecule has 18 heavy (non-hydrogen) atoms. The number of carbonyl (C=O) groups excluding carboxylic acids is 1. The number of hydrogen-bond donors (Lipinski definition) is 1. The maximum absolute atomic E-state index is 12.0. The van der Waals surface area contributed by atoms with Crippen LogP contribution in [0.25, 0.3) is 5.65 Å². The molecule has 2 rings (SSSR count). The average molecular weight is 246 g/mol. The standard InChI is InChI=1S/C13H18N4O/c1-4-14-13(18)12-10(9-16(2)3)17-8-6-5-7-11(17)15-12/h5-8H,4,9H2,1-3H3,(H,14,18). The van der Waals surface area contributed by atoms with Crippen molar-refractivity contribution in [1.29, 1.82) is 0 Å². The number of amides is 1. The number of carbonyl (C=O) groups is 1. The van der Waals surface area contributed by atoms with Gasteiger partial charge >= 0.3 is 0 Å². The molecule has 0 unspecified atom stereocenters. The van der Waals surface area contributed by atoms with E-state index < -0.39 is 0 Å². The van der Waals surface area contributed by atoms with Crippen molar-refractivity contribution in [3.63, 3.8) is 0 Å². The minimum absolute atomic E-state index is 0.113. The van der Waals surface area contributed by atoms with Crippen molar-refractivity contribution in [3.05, 3.63) is 35.8 Å². The fourth-order valence-electron chi connectivity index (χ4n) is 1.92. The SMILES string of the molecule is CCNC(=O)c1nc2ccccn2c1CN(C)C. The molecule has 0 radical (unpaired) electrons. The number of imidazole rings is 1. The summed E-state index contributed by atoms with van der Waals surface area (Å²) in [6.07, 6.45) is 1.93. The summed E-state index contributed by atoms with van der Waals surface area (Å²) in [5, 5.41) is 2.80. The molecular weight excluding hydrogens is 228 g/mol. The van der Waals surface area contributed by atoms with Crippen LogP contribution in [0.2, 0.25) is 0 Å². The topological polar surface area (TPSA) is 49.6 Å². The van der Waals surface area contributed by atoms with Gasteiger partial charge in [-0.1, -0.05) is 6.07 Å². The average Bonchev–Trinajstić information content (AvgIpc) is 2.68. The second-order valence-corrected chi connectivity index (χ2v) is 4.43. The Morgan fingerprint density at radius 2 is 2.22 bits per heavy atom. The first-order valence-electron chi connectivity index (χ1n) is 6.02. The van der Waals surface area contributed by atoms with Gasteiger partial charge in [-0.2, -0.15) is 0 Å². The number of fused-ring (bicyclic) bond motifs is 1. The van der Waals surface area contributed by atoms with Gasteiger partial charge in [0, 0.05) is 19.3 Å². The summed E-state index contributed by atoms with van der Waals surface area (Å²) >= 11 is 0. The van der Waals surface area contributed by atoms with E-state index in [4.69, 9.17) is 0 Å². The van der Waals surface area contributed by atoms with Crippen LogP contribution in [-0.4, -0.2) is 40.8 Å². The van der Waals surface area contributed by atoms with Crippen LogP contribution >= 0.6 is 0 Å². The zero-order valence-electron chi connectivity index (χ0n) is 11.0. The molecule has 0 aliphatic rings. The lowest BCUT2D eigenvalue weighted by Crippen LogP contribution is -2.25. The predicted molar refractivity (Wildman–Crippen MR) is 70.6 cm³/mol. The lowest BCUT2D eigenvalue weighted by Gasteiger charge is -2.10. The molecule has 0 fully saturated rings. The molecule has 5 nitrogen and oxygen atoms in total. The third-order valence-corrected chi connectivity index (χ3v) is 2.65. The van der Waals surface area contributed by atoms with Gasteiger partial charge in [0.1, 0.15) is 5.65 Å². The van der Waals surface area contributed by atoms with E-state index in [1.807, 2.05) is 54.7 Å². The Balaban J connectivity index is 2.53. The van der Waals surface area contributed by atoms with Gasteiger partial charge in [0.15, 0.2) is 5.69 Å². The van der Waals surface area contributed by atoms with E-state index in [2.05, 4.69) is 10.3 Å². The number of aromatic nitrogens is 2. The second kappa shape index (κ2) is 5.18. The first kappa shape index (κ1) is 12.6. The third kappa shape index (κ3) is 2.36. The van der Waals surface area contributed by atoms with Crippen molar-refractivity contribution in [3.8, 4) is 0 Å². The van der Waals surface area contributed by atoms with Crippen LogP contribution in [0.3, 0.4) is 0 Å². The zero-order chi connectivity index (χ0) is 13.1. The van der Waals surface area contributed by atoms with Crippen molar-refractivity contribution in [2.24, 2.45) is 0 Å². The molecule has 1 N–H and O–H groups in total. The second-order valence-electron chi connectivity index (χ2n) is 4.43. The summed E-state index contributed by atoms with van der Waals surface area (Å²) in [6.45, 7) is 3.19. The van der Waals surface area contributed by atoms with Crippen LogP contribution in [0.1, 0.15) is 23.1 Å². The quantitative estimate of drug-likeness (QED) is 0.880. The van der Waals surface area contributed by atoms with Crippen LogP contribution in [0.4, 0.5) is 0 Å². The van der Waals surface area contributed by atoms with Crippen LogP contribution in [-0.2, 0) is 6.54 Å². The Morgan fingerprint density at radius 3 is 2.89 bits per heavy atom. The summed E-state index contributed by atoms with van der Waals surface area (Å²) in [6, 6.07) is 5.76. The molecule has 0 saturated heterocycles. The van der Waals surface area contributed by atoms with E-state index in [1.165, 1.54) is 0 Å². The van der Waals surface area contributed by atoms with Crippen LogP contribution < -0.4 is 5.32 Å². The zero-order valence-corrected chi connectivity index (χ0v) is 11.0. The first-order valence-corrected chi connectivity index (χ1v) is 6.02. The Labute approximate surface area is 106 Å². The van der Waals surface area contributed by atoms with E-state index in [0.29, 0.717) is 18.8 Å². The van der Waals surface area contributed by atoms with E-state index in [1.54, 1.807) is 0 Å². The molecular formula is C13H18N4O. The van der Waals surface area contributed by atoms with E-state index >= 15 is 0 Å². The van der Waals surface area contributed by atoms with Crippen molar-refractivity contribution in [2.45, 2.75) is 13.5 Å². The molecule has 0 spiro atoms. The van der Waals surface area contributed by atoms with Crippen molar-refractivity contribution < 1.29 is 4.79 Å². The number of hydrogen-bond acceptors (Lipinski definition) is 3. The highest BCUT2D eigenvalue weighted by Crippen LogP contribution is 2.14. The highest BCUT2D eigenvalue weighted by Gasteiger charge is 2.18. The fourth-order valence-corrected chi connectivity index (χ4v) is 1.92. The number of rotatable bonds is 4. The Morgan fingerprint density at radius 1 is 1.44 bits per heavy atom. The fraction of sp³-hybridized carbons (Fsp3) is 0.385. The minimum atomic E-state index is -0.113. The van der Waals surface area contributed by atoms with Gasteiger partial charge in [0.2, 0.25) is 0 Å². The van der Waals surface area contributed by atoms with Crippen LogP contribution in [0.15, 0.2) is 24.4 Å². The molecule has 0 atom stereocenters. The van der Waals surface area contributed by atoms with E-state index in [0.717, 1.165) is 11.3 Å². The highest BCUT2D eigenvalue weighted by atomic mass is 16.1. The molecule has 0 aromatic carbocycles. The highest BCUT2D eigenvalue weighted by molar-refractivity contribution is 5.94. The van der Waals surface area contributed by atoms with Gasteiger partial charge in [-0.25, -0.2) is 4.98 Å². The molecule has 0 saturated carbocycles. The third-order valence-electron chi connectivity index (χ3n) is 2.65. The first-order chi connectivity index (χ1) is 8.63. The Bertz CT molecular complexity index is 559. The van der Waals surface area contributed by atoms with Gasteiger partial charge in [-0.05, 0) is 33.2 Å². The Hall–Kier alpha value is -1.88. The monoisotopic (exact) mass is 246 g/mol. The summed E-state index contributed by atoms with van der Waals surface area (Å²) < 4.78 is 1.96. The van der Waals surface area contributed by atoms with Crippen molar-refractivity contribution >= 4 is 11.6 Å². The summed E-state index contributed by atoms with van der Waals surface area (Å²) in [5.74, 6) is -0.113. The van der Waals surface area contributed by atoms with Crippen LogP contribution in [0.5, 0.6) is 0 Å². The largest absolute Gasteiger partial charge is 0.351 e. The smallest absolute Gasteiger partial charge is 0.271 e. The molecule has 0 aliphatic carbocycles. The number of pyridine rings is 1. The molecule has 5 heteroatoms. The maximum atomic E-state index is 12.0. The van der Waals surface area contributed by atoms with Gasteiger partial charge in [-0.15, -0.1) is 0 Å². The molecule has 2 heterocycles. The van der Waals surface area contributed by atoms with Crippen molar-refractivity contribution in [1.82, 2.24) is 19.6 Å². The maximum Gasteiger partial charge on any atom is 0.271 e. The summed E-state index contributed by atoms with van der Waals surface area (Å²) in [4.78, 5) is 18.4. The number of nitrogens with one attached hydrogen (secondary N) is 1. The van der Waals surface area contributed by atoms with Gasteiger partial charge in [0.25, 0.3) is 5.91 Å². The minimum Gasteiger partial charge on any atom is -0.351 e. The molecule has 2 aromatic heterocycles. The summed E-state index contributed by atoms with van der Waals surface area (Å²) in [7, 11) is 3.95. The molecule has 0 aliphatic heterocycles. The lowest BCUT2D eigenvalue weighted by atomic mass is 10.3. The van der Waals surface area contributed by atoms with E-state index in [-0.39, 0.29) is 5.91 Å². The van der Waals surface area contributed by atoms with Gasteiger partial charge < -0.3 is 14.6 Å². The van der Waals surface area contributed by atoms with Crippen LogP contribution in [0, 0.1) is 0 Å². The molecule has 96 valence electrons.